The van der Waals surface area contributed by atoms with Crippen molar-refractivity contribution in [2.75, 3.05) is 33.2 Å². The number of piperidine rings is 2. The molecular weight excluding hydrogens is 442 g/mol. The molecule has 3 atom stereocenters. The van der Waals surface area contributed by atoms with Gasteiger partial charge in [0.15, 0.2) is 0 Å². The van der Waals surface area contributed by atoms with Crippen LogP contribution in [0.4, 0.5) is 4.79 Å². The van der Waals surface area contributed by atoms with E-state index in [0.29, 0.717) is 31.3 Å². The molecule has 2 aromatic rings. The zero-order valence-electron chi connectivity index (χ0n) is 20.7. The first-order valence-electron chi connectivity index (χ1n) is 13.2. The lowest BCUT2D eigenvalue weighted by Gasteiger charge is -2.45. The molecule has 0 aliphatic carbocycles. The van der Waals surface area contributed by atoms with Crippen LogP contribution in [0.2, 0.25) is 0 Å². The second kappa shape index (κ2) is 10.4. The Hall–Kier alpha value is -2.87. The van der Waals surface area contributed by atoms with Crippen molar-refractivity contribution >= 4 is 28.7 Å². The van der Waals surface area contributed by atoms with E-state index in [0.717, 1.165) is 23.0 Å². The van der Waals surface area contributed by atoms with Crippen LogP contribution in [-0.2, 0) is 16.0 Å². The summed E-state index contributed by atoms with van der Waals surface area (Å²) in [7, 11) is 1.88. The molecule has 35 heavy (non-hydrogen) atoms. The summed E-state index contributed by atoms with van der Waals surface area (Å²) in [6.45, 7) is 3.50. The van der Waals surface area contributed by atoms with Gasteiger partial charge >= 0.3 is 6.03 Å². The van der Waals surface area contributed by atoms with E-state index in [1.54, 1.807) is 0 Å². The molecule has 3 saturated heterocycles. The number of imide groups is 1. The standard InChI is InChI=1S/C27H37N5O3/c1-30(18-20-7-6-15-31-14-5-4-10-24(20)31)25(33)12-11-23-26(34)32(27(35)29-23)16-13-19-17-28-22-9-3-2-8-21(19)22/h2-3,8-9,17,20,23-24,28H,4-7,10-16,18H2,1H3,(H,29,35)/t20-,23-,24-/m0/s1. The Labute approximate surface area is 207 Å². The van der Waals surface area contributed by atoms with Gasteiger partial charge in [0.25, 0.3) is 5.91 Å². The molecule has 4 amide bonds. The van der Waals surface area contributed by atoms with Crippen molar-refractivity contribution in [2.24, 2.45) is 5.92 Å². The van der Waals surface area contributed by atoms with E-state index < -0.39 is 6.04 Å². The number of H-pyrrole nitrogens is 1. The predicted octanol–water partition coefficient (Wildman–Crippen LogP) is 3.13. The van der Waals surface area contributed by atoms with Gasteiger partial charge in [-0.25, -0.2) is 4.79 Å². The Morgan fingerprint density at radius 1 is 1.11 bits per heavy atom. The number of benzene rings is 1. The van der Waals surface area contributed by atoms with Crippen molar-refractivity contribution < 1.29 is 14.4 Å². The fraction of sp³-hybridized carbons (Fsp3) is 0.593. The second-order valence-corrected chi connectivity index (χ2v) is 10.4. The lowest BCUT2D eigenvalue weighted by atomic mass is 9.83. The van der Waals surface area contributed by atoms with Crippen LogP contribution < -0.4 is 5.32 Å². The van der Waals surface area contributed by atoms with E-state index in [9.17, 15) is 14.4 Å². The molecule has 3 aliphatic heterocycles. The smallest absolute Gasteiger partial charge is 0.324 e. The average Bonchev–Trinajstić information content (AvgIpc) is 3.41. The van der Waals surface area contributed by atoms with Gasteiger partial charge in [-0.3, -0.25) is 14.5 Å². The maximum atomic E-state index is 12.9. The van der Waals surface area contributed by atoms with Crippen molar-refractivity contribution in [3.05, 3.63) is 36.0 Å². The Bertz CT molecular complexity index is 1080. The third-order valence-corrected chi connectivity index (χ3v) is 8.20. The number of hydrogen-bond acceptors (Lipinski definition) is 4. The SMILES string of the molecule is CN(C[C@@H]1CCCN2CCCC[C@@H]12)C(=O)CC[C@@H]1NC(=O)N(CCc2c[nH]c3ccccc23)C1=O. The summed E-state index contributed by atoms with van der Waals surface area (Å²) in [5.74, 6) is 0.360. The quantitative estimate of drug-likeness (QED) is 0.570. The van der Waals surface area contributed by atoms with Crippen LogP contribution in [0, 0.1) is 5.92 Å². The van der Waals surface area contributed by atoms with E-state index in [1.807, 2.05) is 42.4 Å². The summed E-state index contributed by atoms with van der Waals surface area (Å²) in [4.78, 5) is 47.3. The molecule has 3 aliphatic rings. The minimum Gasteiger partial charge on any atom is -0.361 e. The van der Waals surface area contributed by atoms with Gasteiger partial charge in [-0.1, -0.05) is 24.6 Å². The number of rotatable bonds is 8. The van der Waals surface area contributed by atoms with Gasteiger partial charge in [0, 0.05) is 49.7 Å². The maximum Gasteiger partial charge on any atom is 0.324 e. The first-order chi connectivity index (χ1) is 17.0. The number of nitrogens with zero attached hydrogens (tertiary/aromatic N) is 3. The molecule has 0 spiro atoms. The maximum absolute atomic E-state index is 12.9. The van der Waals surface area contributed by atoms with E-state index >= 15 is 0 Å². The zero-order valence-corrected chi connectivity index (χ0v) is 20.7. The molecule has 1 aromatic carbocycles. The summed E-state index contributed by atoms with van der Waals surface area (Å²) < 4.78 is 0. The van der Waals surface area contributed by atoms with Gasteiger partial charge in [-0.15, -0.1) is 0 Å². The summed E-state index contributed by atoms with van der Waals surface area (Å²) in [5, 5.41) is 3.90. The number of amides is 4. The number of carbonyl (C=O) groups excluding carboxylic acids is 3. The molecular formula is C27H37N5O3. The van der Waals surface area contributed by atoms with Crippen LogP contribution in [0.25, 0.3) is 10.9 Å². The van der Waals surface area contributed by atoms with E-state index in [-0.39, 0.29) is 24.3 Å². The first kappa shape index (κ1) is 23.9. The molecule has 8 nitrogen and oxygen atoms in total. The molecule has 0 radical (unpaired) electrons. The molecule has 2 N–H and O–H groups in total. The summed E-state index contributed by atoms with van der Waals surface area (Å²) >= 11 is 0. The lowest BCUT2D eigenvalue weighted by molar-refractivity contribution is -0.131. The number of aromatic nitrogens is 1. The number of para-hydroxylation sites is 1. The number of aromatic amines is 1. The Morgan fingerprint density at radius 2 is 1.94 bits per heavy atom. The normalized spacial score (nSPS) is 25.1. The minimum absolute atomic E-state index is 0.0530. The van der Waals surface area contributed by atoms with Crippen LogP contribution >= 0.6 is 0 Å². The van der Waals surface area contributed by atoms with E-state index in [1.165, 1.54) is 50.1 Å². The summed E-state index contributed by atoms with van der Waals surface area (Å²) in [5.41, 5.74) is 2.13. The van der Waals surface area contributed by atoms with Crippen LogP contribution in [0.3, 0.4) is 0 Å². The lowest BCUT2D eigenvalue weighted by Crippen LogP contribution is -2.51. The van der Waals surface area contributed by atoms with Crippen LogP contribution in [-0.4, -0.2) is 82.8 Å². The highest BCUT2D eigenvalue weighted by Crippen LogP contribution is 2.31. The number of hydrogen-bond donors (Lipinski definition) is 2. The van der Waals surface area contributed by atoms with Crippen molar-refractivity contribution in [1.82, 2.24) is 25.0 Å². The van der Waals surface area contributed by atoms with Gasteiger partial charge in [0.2, 0.25) is 5.91 Å². The third-order valence-electron chi connectivity index (χ3n) is 8.20. The highest BCUT2D eigenvalue weighted by Gasteiger charge is 2.38. The Morgan fingerprint density at radius 3 is 2.83 bits per heavy atom. The summed E-state index contributed by atoms with van der Waals surface area (Å²) in [6, 6.07) is 7.63. The van der Waals surface area contributed by atoms with Crippen molar-refractivity contribution in [3.63, 3.8) is 0 Å². The molecule has 3 fully saturated rings. The molecule has 8 heteroatoms. The average molecular weight is 480 g/mol. The Kier molecular flexibility index (Phi) is 7.09. The fourth-order valence-electron chi connectivity index (χ4n) is 6.26. The predicted molar refractivity (Wildman–Crippen MR) is 135 cm³/mol. The van der Waals surface area contributed by atoms with Crippen LogP contribution in [0.5, 0.6) is 0 Å². The summed E-state index contributed by atoms with van der Waals surface area (Å²) in [6.07, 6.45) is 9.35. The highest BCUT2D eigenvalue weighted by atomic mass is 16.2. The largest absolute Gasteiger partial charge is 0.361 e. The van der Waals surface area contributed by atoms with Crippen molar-refractivity contribution in [2.45, 2.75) is 63.5 Å². The minimum atomic E-state index is -0.619. The van der Waals surface area contributed by atoms with Gasteiger partial charge < -0.3 is 20.1 Å². The molecule has 1 aromatic heterocycles. The van der Waals surface area contributed by atoms with Crippen molar-refractivity contribution in [1.29, 1.82) is 0 Å². The van der Waals surface area contributed by atoms with Gasteiger partial charge in [-0.2, -0.15) is 0 Å². The first-order valence-corrected chi connectivity index (χ1v) is 13.2. The molecule has 0 unspecified atom stereocenters. The molecule has 0 saturated carbocycles. The van der Waals surface area contributed by atoms with Gasteiger partial charge in [0.1, 0.15) is 6.04 Å². The Balaban J connectivity index is 1.10. The topological polar surface area (TPSA) is 88.8 Å². The fourth-order valence-corrected chi connectivity index (χ4v) is 6.26. The number of nitrogens with one attached hydrogen (secondary N) is 2. The van der Waals surface area contributed by atoms with E-state index in [2.05, 4.69) is 15.2 Å². The monoisotopic (exact) mass is 479 g/mol. The second-order valence-electron chi connectivity index (χ2n) is 10.4. The van der Waals surface area contributed by atoms with E-state index in [4.69, 9.17) is 0 Å². The molecule has 0 bridgehead atoms. The molecule has 4 heterocycles. The number of carbonyl (C=O) groups is 3. The van der Waals surface area contributed by atoms with Crippen LogP contribution in [0.1, 0.15) is 50.5 Å². The van der Waals surface area contributed by atoms with Crippen molar-refractivity contribution in [3.8, 4) is 0 Å². The van der Waals surface area contributed by atoms with Crippen LogP contribution in [0.15, 0.2) is 30.5 Å². The number of urea groups is 1. The van der Waals surface area contributed by atoms with Gasteiger partial charge in [-0.05, 0) is 69.2 Å². The molecule has 188 valence electrons. The zero-order chi connectivity index (χ0) is 24.4. The van der Waals surface area contributed by atoms with Gasteiger partial charge in [0.05, 0.1) is 0 Å². The third kappa shape index (κ3) is 5.08. The molecule has 5 rings (SSSR count). The number of fused-ring (bicyclic) bond motifs is 2. The highest BCUT2D eigenvalue weighted by molar-refractivity contribution is 6.04.